The van der Waals surface area contributed by atoms with Crippen LogP contribution in [0.5, 0.6) is 0 Å². The number of hydrogen-bond donors (Lipinski definition) is 0. The van der Waals surface area contributed by atoms with Crippen LogP contribution in [0, 0.1) is 6.92 Å². The topological polar surface area (TPSA) is 17.8 Å². The highest BCUT2D eigenvalue weighted by atomic mass is 19.4. The van der Waals surface area contributed by atoms with Crippen LogP contribution in [0.4, 0.5) is 13.2 Å². The second kappa shape index (κ2) is 3.66. The molecule has 0 atom stereocenters. The first kappa shape index (κ1) is 10.7. The van der Waals surface area contributed by atoms with E-state index in [1.165, 1.54) is 4.68 Å². The zero-order chi connectivity index (χ0) is 11.8. The van der Waals surface area contributed by atoms with Gasteiger partial charge in [0.15, 0.2) is 0 Å². The van der Waals surface area contributed by atoms with Gasteiger partial charge in [-0.3, -0.25) is 0 Å². The highest BCUT2D eigenvalue weighted by Gasteiger charge is 2.32. The van der Waals surface area contributed by atoms with Gasteiger partial charge in [-0.05, 0) is 19.1 Å². The van der Waals surface area contributed by atoms with Gasteiger partial charge in [0.25, 0.3) is 0 Å². The summed E-state index contributed by atoms with van der Waals surface area (Å²) in [4.78, 5) is 0. The monoisotopic (exact) mass is 226 g/mol. The summed E-state index contributed by atoms with van der Waals surface area (Å²) in [5, 5.41) is 3.68. The van der Waals surface area contributed by atoms with Crippen LogP contribution in [0.25, 0.3) is 5.69 Å². The lowest BCUT2D eigenvalue weighted by Gasteiger charge is -2.02. The first-order valence-corrected chi connectivity index (χ1v) is 4.66. The molecule has 0 unspecified atom stereocenters. The molecule has 0 saturated heterocycles. The van der Waals surface area contributed by atoms with Crippen LogP contribution in [-0.2, 0) is 6.18 Å². The van der Waals surface area contributed by atoms with Crippen LogP contribution in [0.2, 0.25) is 0 Å². The number of benzene rings is 1. The molecule has 0 bridgehead atoms. The summed E-state index contributed by atoms with van der Waals surface area (Å²) in [5.41, 5.74) is 0.918. The Bertz CT molecular complexity index is 483. The van der Waals surface area contributed by atoms with E-state index in [2.05, 4.69) is 5.10 Å². The summed E-state index contributed by atoms with van der Waals surface area (Å²) < 4.78 is 38.2. The van der Waals surface area contributed by atoms with Gasteiger partial charge in [-0.15, -0.1) is 0 Å². The summed E-state index contributed by atoms with van der Waals surface area (Å²) in [6.45, 7) is 1.91. The molecule has 0 radical (unpaired) electrons. The predicted molar refractivity (Wildman–Crippen MR) is 53.3 cm³/mol. The van der Waals surface area contributed by atoms with Crippen molar-refractivity contribution in [2.24, 2.45) is 0 Å². The molecule has 0 spiro atoms. The largest absolute Gasteiger partial charge is 0.419 e. The van der Waals surface area contributed by atoms with Gasteiger partial charge in [0.1, 0.15) is 0 Å². The van der Waals surface area contributed by atoms with E-state index >= 15 is 0 Å². The maximum Gasteiger partial charge on any atom is 0.419 e. The second-order valence-electron chi connectivity index (χ2n) is 3.51. The Hall–Kier alpha value is -1.78. The van der Waals surface area contributed by atoms with E-state index in [1.54, 1.807) is 12.1 Å². The quantitative estimate of drug-likeness (QED) is 0.730. The van der Waals surface area contributed by atoms with Crippen LogP contribution in [0.1, 0.15) is 11.1 Å². The van der Waals surface area contributed by atoms with E-state index < -0.39 is 11.7 Å². The Kier molecular flexibility index (Phi) is 2.46. The molecule has 1 aromatic heterocycles. The number of halogens is 3. The van der Waals surface area contributed by atoms with Crippen molar-refractivity contribution in [3.63, 3.8) is 0 Å². The Morgan fingerprint density at radius 2 is 1.75 bits per heavy atom. The molecular weight excluding hydrogens is 217 g/mol. The molecule has 2 aromatic rings. The minimum atomic E-state index is -4.34. The number of aromatic nitrogens is 2. The van der Waals surface area contributed by atoms with Gasteiger partial charge < -0.3 is 0 Å². The van der Waals surface area contributed by atoms with Crippen LogP contribution in [-0.4, -0.2) is 9.78 Å². The lowest BCUT2D eigenvalue weighted by atomic mass is 10.2. The van der Waals surface area contributed by atoms with E-state index in [1.807, 2.05) is 19.1 Å². The van der Waals surface area contributed by atoms with Crippen molar-refractivity contribution in [3.05, 3.63) is 47.8 Å². The SMILES string of the molecule is Cc1ccc(-n2cc(C(F)(F)F)cn2)cc1. The molecule has 0 aliphatic carbocycles. The second-order valence-corrected chi connectivity index (χ2v) is 3.51. The molecule has 16 heavy (non-hydrogen) atoms. The zero-order valence-electron chi connectivity index (χ0n) is 8.49. The maximum atomic E-state index is 12.3. The molecule has 1 heterocycles. The number of nitrogens with zero attached hydrogens (tertiary/aromatic N) is 2. The summed E-state index contributed by atoms with van der Waals surface area (Å²) in [6.07, 6.45) is -2.55. The lowest BCUT2D eigenvalue weighted by molar-refractivity contribution is -0.137. The molecule has 0 saturated carbocycles. The van der Waals surface area contributed by atoms with Gasteiger partial charge in [-0.25, -0.2) is 4.68 Å². The molecule has 0 amide bonds. The molecule has 0 aliphatic rings. The molecule has 2 nitrogen and oxygen atoms in total. The van der Waals surface area contributed by atoms with Gasteiger partial charge in [0.05, 0.1) is 17.4 Å². The molecule has 2 rings (SSSR count). The van der Waals surface area contributed by atoms with Gasteiger partial charge in [0.2, 0.25) is 0 Å². The van der Waals surface area contributed by atoms with Crippen molar-refractivity contribution < 1.29 is 13.2 Å². The van der Waals surface area contributed by atoms with Crippen molar-refractivity contribution in [1.29, 1.82) is 0 Å². The average Bonchev–Trinajstić information content (AvgIpc) is 2.67. The minimum Gasteiger partial charge on any atom is -0.240 e. The molecule has 0 N–H and O–H groups in total. The predicted octanol–water partition coefficient (Wildman–Crippen LogP) is 3.20. The number of aryl methyl sites for hydroxylation is 1. The van der Waals surface area contributed by atoms with Crippen LogP contribution >= 0.6 is 0 Å². The highest BCUT2D eigenvalue weighted by molar-refractivity contribution is 5.34. The third kappa shape index (κ3) is 2.08. The van der Waals surface area contributed by atoms with E-state index in [9.17, 15) is 13.2 Å². The van der Waals surface area contributed by atoms with Crippen molar-refractivity contribution in [2.75, 3.05) is 0 Å². The van der Waals surface area contributed by atoms with E-state index in [4.69, 9.17) is 0 Å². The van der Waals surface area contributed by atoms with Crippen LogP contribution < -0.4 is 0 Å². The van der Waals surface area contributed by atoms with E-state index in [-0.39, 0.29) is 0 Å². The Balaban J connectivity index is 2.35. The number of hydrogen-bond acceptors (Lipinski definition) is 1. The lowest BCUT2D eigenvalue weighted by Crippen LogP contribution is -2.02. The molecule has 5 heteroatoms. The summed E-state index contributed by atoms with van der Waals surface area (Å²) >= 11 is 0. The highest BCUT2D eigenvalue weighted by Crippen LogP contribution is 2.29. The fourth-order valence-corrected chi connectivity index (χ4v) is 1.31. The van der Waals surface area contributed by atoms with E-state index in [0.29, 0.717) is 5.69 Å². The minimum absolute atomic E-state index is 0.612. The van der Waals surface area contributed by atoms with Gasteiger partial charge in [-0.2, -0.15) is 18.3 Å². The Morgan fingerprint density at radius 1 is 1.12 bits per heavy atom. The summed E-state index contributed by atoms with van der Waals surface area (Å²) in [7, 11) is 0. The van der Waals surface area contributed by atoms with Crippen molar-refractivity contribution in [2.45, 2.75) is 13.1 Å². The van der Waals surface area contributed by atoms with Crippen molar-refractivity contribution >= 4 is 0 Å². The Labute approximate surface area is 90.3 Å². The summed E-state index contributed by atoms with van der Waals surface area (Å²) in [5.74, 6) is 0. The van der Waals surface area contributed by atoms with Gasteiger partial charge in [-0.1, -0.05) is 17.7 Å². The first-order chi connectivity index (χ1) is 7.47. The molecular formula is C11H9F3N2. The summed E-state index contributed by atoms with van der Waals surface area (Å²) in [6, 6.07) is 7.10. The molecule has 0 aliphatic heterocycles. The third-order valence-corrected chi connectivity index (χ3v) is 2.21. The molecule has 1 aromatic carbocycles. The van der Waals surface area contributed by atoms with Crippen molar-refractivity contribution in [1.82, 2.24) is 9.78 Å². The number of rotatable bonds is 1. The van der Waals surface area contributed by atoms with E-state index in [0.717, 1.165) is 18.0 Å². The standard InChI is InChI=1S/C11H9F3N2/c1-8-2-4-10(5-3-8)16-7-9(6-15-16)11(12,13)14/h2-7H,1H3. The van der Waals surface area contributed by atoms with Crippen LogP contribution in [0.15, 0.2) is 36.7 Å². The van der Waals surface area contributed by atoms with Gasteiger partial charge in [0, 0.05) is 6.20 Å². The third-order valence-electron chi connectivity index (χ3n) is 2.21. The van der Waals surface area contributed by atoms with Gasteiger partial charge >= 0.3 is 6.18 Å². The molecule has 0 fully saturated rings. The fraction of sp³-hybridized carbons (Fsp3) is 0.182. The maximum absolute atomic E-state index is 12.3. The normalized spacial score (nSPS) is 11.8. The molecule has 84 valence electrons. The fourth-order valence-electron chi connectivity index (χ4n) is 1.31. The first-order valence-electron chi connectivity index (χ1n) is 4.66. The number of alkyl halides is 3. The average molecular weight is 226 g/mol. The zero-order valence-corrected chi connectivity index (χ0v) is 8.49. The van der Waals surface area contributed by atoms with Crippen molar-refractivity contribution in [3.8, 4) is 5.69 Å². The Morgan fingerprint density at radius 3 is 2.25 bits per heavy atom. The smallest absolute Gasteiger partial charge is 0.240 e. The van der Waals surface area contributed by atoms with Crippen LogP contribution in [0.3, 0.4) is 0 Å².